The number of allylic oxidation sites excluding steroid dienone is 1. The van der Waals surface area contributed by atoms with Gasteiger partial charge in [0.1, 0.15) is 22.9 Å². The van der Waals surface area contributed by atoms with Crippen LogP contribution in [-0.4, -0.2) is 37.5 Å². The highest BCUT2D eigenvalue weighted by molar-refractivity contribution is 5.99. The normalized spacial score (nSPS) is 15.8. The highest BCUT2D eigenvalue weighted by Crippen LogP contribution is 2.38. The molecular weight excluding hydrogens is 457 g/mol. The molecule has 1 aliphatic rings. The lowest BCUT2D eigenvalue weighted by atomic mass is 9.89. The van der Waals surface area contributed by atoms with Crippen LogP contribution in [0.4, 0.5) is 10.2 Å². The van der Waals surface area contributed by atoms with Crippen LogP contribution in [0.15, 0.2) is 72.6 Å². The molecule has 0 saturated carbocycles. The smallest absolute Gasteiger partial charge is 0.331 e. The minimum absolute atomic E-state index is 0.0832. The molecule has 36 heavy (non-hydrogen) atoms. The molecule has 5 aromatic rings. The number of carboxylic acid groups (broad SMARTS) is 1. The number of hydrogen-bond acceptors (Lipinski definition) is 4. The Hall–Kier alpha value is -4.46. The number of anilines is 1. The summed E-state index contributed by atoms with van der Waals surface area (Å²) in [6.07, 6.45) is 7.26. The van der Waals surface area contributed by atoms with E-state index in [-0.39, 0.29) is 11.7 Å². The lowest BCUT2D eigenvalue weighted by molar-refractivity contribution is -0.132. The summed E-state index contributed by atoms with van der Waals surface area (Å²) in [5.41, 5.74) is 5.00. The summed E-state index contributed by atoms with van der Waals surface area (Å²) >= 11 is 0. The number of carboxylic acids is 1. The third-order valence-electron chi connectivity index (χ3n) is 6.94. The zero-order valence-corrected chi connectivity index (χ0v) is 19.6. The Kier molecular flexibility index (Phi) is 5.29. The maximum atomic E-state index is 14.6. The summed E-state index contributed by atoms with van der Waals surface area (Å²) < 4.78 is 16.7. The van der Waals surface area contributed by atoms with Gasteiger partial charge in [0.25, 0.3) is 0 Å². The van der Waals surface area contributed by atoms with Crippen LogP contribution in [0, 0.1) is 5.82 Å². The van der Waals surface area contributed by atoms with E-state index in [4.69, 9.17) is 4.98 Å². The van der Waals surface area contributed by atoms with E-state index in [9.17, 15) is 14.3 Å². The van der Waals surface area contributed by atoms with Crippen LogP contribution in [0.1, 0.15) is 31.0 Å². The monoisotopic (exact) mass is 481 g/mol. The minimum atomic E-state index is -0.854. The molecule has 8 heteroatoms. The second-order valence-corrected chi connectivity index (χ2v) is 9.00. The Morgan fingerprint density at radius 2 is 2.03 bits per heavy atom. The van der Waals surface area contributed by atoms with Crippen LogP contribution in [0.3, 0.4) is 0 Å². The zero-order valence-electron chi connectivity index (χ0n) is 19.6. The Morgan fingerprint density at radius 3 is 2.78 bits per heavy atom. The van der Waals surface area contributed by atoms with Gasteiger partial charge in [0, 0.05) is 47.4 Å². The van der Waals surface area contributed by atoms with Crippen LogP contribution in [0.25, 0.3) is 38.9 Å². The van der Waals surface area contributed by atoms with Gasteiger partial charge in [-0.2, -0.15) is 0 Å². The Morgan fingerprint density at radius 1 is 1.19 bits per heavy atom. The van der Waals surface area contributed by atoms with Gasteiger partial charge in [-0.1, -0.05) is 42.5 Å². The van der Waals surface area contributed by atoms with Crippen LogP contribution >= 0.6 is 0 Å². The molecule has 7 nitrogen and oxygen atoms in total. The lowest BCUT2D eigenvalue weighted by Gasteiger charge is -2.19. The molecule has 2 aromatic carbocycles. The van der Waals surface area contributed by atoms with Gasteiger partial charge < -0.3 is 15.4 Å². The standard InChI is InChI=1S/C28H24FN5O2/c1-30-26-25-24(33-27(34(25)14-13-31-26)16-9-11-17(12-10-16)28(35)36)22-15-18-5-4-7-20(23(18)32-22)19-6-2-3-8-21(19)29/h2-8,11,13-16,32H,9-10,12H2,1H3,(H,30,31)(H,35,36)/t16-/m0/s1. The third kappa shape index (κ3) is 3.53. The van der Waals surface area contributed by atoms with E-state index >= 15 is 0 Å². The average molecular weight is 482 g/mol. The van der Waals surface area contributed by atoms with E-state index < -0.39 is 5.97 Å². The van der Waals surface area contributed by atoms with Crippen molar-refractivity contribution >= 4 is 28.2 Å². The van der Waals surface area contributed by atoms with Crippen molar-refractivity contribution < 1.29 is 14.3 Å². The van der Waals surface area contributed by atoms with Crippen molar-refractivity contribution in [3.8, 4) is 22.5 Å². The molecular formula is C28H24FN5O2. The number of benzene rings is 2. The fourth-order valence-electron chi connectivity index (χ4n) is 5.17. The maximum absolute atomic E-state index is 14.6. The van der Waals surface area contributed by atoms with Crippen molar-refractivity contribution in [2.45, 2.75) is 25.2 Å². The van der Waals surface area contributed by atoms with Gasteiger partial charge in [-0.05, 0) is 31.4 Å². The van der Waals surface area contributed by atoms with Crippen molar-refractivity contribution in [2.75, 3.05) is 12.4 Å². The quantitative estimate of drug-likeness (QED) is 0.286. The fourth-order valence-corrected chi connectivity index (χ4v) is 5.17. The first-order chi connectivity index (χ1) is 17.5. The zero-order chi connectivity index (χ0) is 24.8. The molecule has 0 spiro atoms. The first kappa shape index (κ1) is 22.0. The number of imidazole rings is 1. The highest BCUT2D eigenvalue weighted by atomic mass is 19.1. The Balaban J connectivity index is 1.53. The number of rotatable bonds is 5. The second kappa shape index (κ2) is 8.64. The topological polar surface area (TPSA) is 95.3 Å². The summed E-state index contributed by atoms with van der Waals surface area (Å²) in [7, 11) is 1.82. The summed E-state index contributed by atoms with van der Waals surface area (Å²) in [6, 6.07) is 14.6. The van der Waals surface area contributed by atoms with Crippen LogP contribution in [-0.2, 0) is 4.79 Å². The van der Waals surface area contributed by atoms with E-state index in [1.54, 1.807) is 24.4 Å². The van der Waals surface area contributed by atoms with Crippen LogP contribution in [0.2, 0.25) is 0 Å². The number of halogens is 1. The third-order valence-corrected chi connectivity index (χ3v) is 6.94. The van der Waals surface area contributed by atoms with Crippen molar-refractivity contribution in [1.29, 1.82) is 0 Å². The number of H-pyrrole nitrogens is 1. The molecule has 3 aromatic heterocycles. The van der Waals surface area contributed by atoms with Gasteiger partial charge in [0.2, 0.25) is 0 Å². The van der Waals surface area contributed by atoms with E-state index in [2.05, 4.69) is 15.3 Å². The molecule has 0 fully saturated rings. The van der Waals surface area contributed by atoms with Crippen molar-refractivity contribution in [3.63, 3.8) is 0 Å². The molecule has 0 saturated heterocycles. The molecule has 0 bridgehead atoms. The Labute approximate surface area is 206 Å². The van der Waals surface area contributed by atoms with E-state index in [0.717, 1.165) is 39.2 Å². The summed E-state index contributed by atoms with van der Waals surface area (Å²) in [4.78, 5) is 24.5. The number of nitrogens with zero attached hydrogens (tertiary/aromatic N) is 3. The summed E-state index contributed by atoms with van der Waals surface area (Å²) in [6.45, 7) is 0. The molecule has 0 unspecified atom stereocenters. The number of aromatic amines is 1. The molecule has 3 heterocycles. The Bertz CT molecular complexity index is 1670. The van der Waals surface area contributed by atoms with Gasteiger partial charge in [-0.25, -0.2) is 19.2 Å². The molecule has 1 atom stereocenters. The van der Waals surface area contributed by atoms with Crippen molar-refractivity contribution in [3.05, 3.63) is 84.2 Å². The first-order valence-electron chi connectivity index (χ1n) is 11.9. The predicted molar refractivity (Wildman–Crippen MR) is 138 cm³/mol. The molecule has 0 amide bonds. The molecule has 0 aliphatic heterocycles. The van der Waals surface area contributed by atoms with Gasteiger partial charge in [-0.15, -0.1) is 0 Å². The largest absolute Gasteiger partial charge is 0.478 e. The van der Waals surface area contributed by atoms with Gasteiger partial charge in [0.05, 0.1) is 11.2 Å². The number of hydrogen-bond donors (Lipinski definition) is 3. The summed E-state index contributed by atoms with van der Waals surface area (Å²) in [5, 5.41) is 13.5. The molecule has 3 N–H and O–H groups in total. The number of fused-ring (bicyclic) bond motifs is 2. The van der Waals surface area contributed by atoms with Gasteiger partial charge in [-0.3, -0.25) is 4.40 Å². The molecule has 0 radical (unpaired) electrons. The predicted octanol–water partition coefficient (Wildman–Crippen LogP) is 6.00. The first-order valence-corrected chi connectivity index (χ1v) is 11.9. The number of para-hydroxylation sites is 1. The van der Waals surface area contributed by atoms with E-state index in [1.807, 2.05) is 48.0 Å². The number of aromatic nitrogens is 4. The fraction of sp³-hybridized carbons (Fsp3) is 0.179. The van der Waals surface area contributed by atoms with E-state index in [0.29, 0.717) is 36.2 Å². The van der Waals surface area contributed by atoms with Crippen LogP contribution < -0.4 is 5.32 Å². The summed E-state index contributed by atoms with van der Waals surface area (Å²) in [5.74, 6) is 0.514. The van der Waals surface area contributed by atoms with Gasteiger partial charge in [0.15, 0.2) is 5.82 Å². The average Bonchev–Trinajstić information content (AvgIpc) is 3.51. The molecule has 1 aliphatic carbocycles. The minimum Gasteiger partial charge on any atom is -0.478 e. The van der Waals surface area contributed by atoms with E-state index in [1.165, 1.54) is 6.07 Å². The second-order valence-electron chi connectivity index (χ2n) is 9.00. The molecule has 6 rings (SSSR count). The van der Waals surface area contributed by atoms with Crippen molar-refractivity contribution in [2.24, 2.45) is 0 Å². The van der Waals surface area contributed by atoms with Gasteiger partial charge >= 0.3 is 5.97 Å². The SMILES string of the molecule is CNc1nccn2c([C@H]3CC=C(C(=O)O)CC3)nc(-c3cc4cccc(-c5ccccc5F)c4[nH]3)c12. The number of carbonyl (C=O) groups is 1. The highest BCUT2D eigenvalue weighted by Gasteiger charge is 2.26. The number of aliphatic carboxylic acids is 1. The van der Waals surface area contributed by atoms with Crippen molar-refractivity contribution in [1.82, 2.24) is 19.4 Å². The molecule has 180 valence electrons. The lowest BCUT2D eigenvalue weighted by Crippen LogP contribution is -2.12. The maximum Gasteiger partial charge on any atom is 0.331 e. The van der Waals surface area contributed by atoms with Crippen LogP contribution in [0.5, 0.6) is 0 Å². The number of nitrogens with one attached hydrogen (secondary N) is 2.